The first kappa shape index (κ1) is 11.4. The van der Waals surface area contributed by atoms with Gasteiger partial charge in [-0.3, -0.25) is 9.59 Å². The summed E-state index contributed by atoms with van der Waals surface area (Å²) in [6.07, 6.45) is 3.46. The number of primary amides is 1. The highest BCUT2D eigenvalue weighted by atomic mass is 16.2. The summed E-state index contributed by atoms with van der Waals surface area (Å²) < 4.78 is 0. The van der Waals surface area contributed by atoms with Crippen LogP contribution >= 0.6 is 0 Å². The van der Waals surface area contributed by atoms with E-state index in [2.05, 4.69) is 5.32 Å². The lowest BCUT2D eigenvalue weighted by atomic mass is 10.2. The molecule has 1 saturated carbocycles. The number of carbonyl (C=O) groups is 2. The van der Waals surface area contributed by atoms with Crippen molar-refractivity contribution in [1.29, 1.82) is 0 Å². The van der Waals surface area contributed by atoms with Gasteiger partial charge >= 0.3 is 0 Å². The Morgan fingerprint density at radius 3 is 2.81 bits per heavy atom. The SMILES string of the molecule is CC(CC(N)=O)N1CCC(NC2CC2)C1=O. The molecule has 0 aromatic rings. The molecule has 1 saturated heterocycles. The van der Waals surface area contributed by atoms with E-state index in [-0.39, 0.29) is 30.3 Å². The smallest absolute Gasteiger partial charge is 0.240 e. The van der Waals surface area contributed by atoms with E-state index in [1.54, 1.807) is 4.90 Å². The third-order valence-corrected chi connectivity index (χ3v) is 3.28. The largest absolute Gasteiger partial charge is 0.370 e. The van der Waals surface area contributed by atoms with Gasteiger partial charge in [-0.05, 0) is 26.2 Å². The highest BCUT2D eigenvalue weighted by molar-refractivity contribution is 5.85. The molecule has 5 nitrogen and oxygen atoms in total. The maximum absolute atomic E-state index is 12.0. The number of amides is 2. The van der Waals surface area contributed by atoms with Gasteiger partial charge in [0, 0.05) is 25.0 Å². The molecule has 5 heteroatoms. The van der Waals surface area contributed by atoms with Crippen LogP contribution in [0.3, 0.4) is 0 Å². The molecule has 0 aromatic heterocycles. The fraction of sp³-hybridized carbons (Fsp3) is 0.818. The summed E-state index contributed by atoms with van der Waals surface area (Å²) in [6.45, 7) is 2.61. The fourth-order valence-corrected chi connectivity index (χ4v) is 2.23. The van der Waals surface area contributed by atoms with E-state index in [1.165, 1.54) is 12.8 Å². The van der Waals surface area contributed by atoms with E-state index in [0.717, 1.165) is 13.0 Å². The van der Waals surface area contributed by atoms with Crippen LogP contribution in [-0.4, -0.2) is 41.4 Å². The lowest BCUT2D eigenvalue weighted by Crippen LogP contribution is -2.43. The Morgan fingerprint density at radius 1 is 1.56 bits per heavy atom. The van der Waals surface area contributed by atoms with E-state index in [4.69, 9.17) is 5.73 Å². The van der Waals surface area contributed by atoms with Crippen LogP contribution in [-0.2, 0) is 9.59 Å². The number of carbonyl (C=O) groups excluding carboxylic acids is 2. The zero-order valence-electron chi connectivity index (χ0n) is 9.61. The molecule has 16 heavy (non-hydrogen) atoms. The predicted octanol–water partition coefficient (Wildman–Crippen LogP) is -0.397. The molecule has 0 bridgehead atoms. The second kappa shape index (κ2) is 4.41. The van der Waals surface area contributed by atoms with Gasteiger partial charge < -0.3 is 16.0 Å². The minimum absolute atomic E-state index is 0.0390. The summed E-state index contributed by atoms with van der Waals surface area (Å²) in [4.78, 5) is 24.6. The first-order chi connectivity index (χ1) is 7.58. The van der Waals surface area contributed by atoms with Crippen LogP contribution in [0.5, 0.6) is 0 Å². The number of nitrogens with one attached hydrogen (secondary N) is 1. The summed E-state index contributed by atoms with van der Waals surface area (Å²) in [7, 11) is 0. The van der Waals surface area contributed by atoms with Crippen molar-refractivity contribution < 1.29 is 9.59 Å². The van der Waals surface area contributed by atoms with Crippen molar-refractivity contribution in [3.05, 3.63) is 0 Å². The molecular weight excluding hydrogens is 206 g/mol. The van der Waals surface area contributed by atoms with Crippen molar-refractivity contribution >= 4 is 11.8 Å². The third kappa shape index (κ3) is 2.52. The minimum atomic E-state index is -0.348. The van der Waals surface area contributed by atoms with Crippen LogP contribution in [0.4, 0.5) is 0 Å². The monoisotopic (exact) mass is 225 g/mol. The third-order valence-electron chi connectivity index (χ3n) is 3.28. The highest BCUT2D eigenvalue weighted by Gasteiger charge is 2.37. The maximum atomic E-state index is 12.0. The second-order valence-electron chi connectivity index (χ2n) is 4.83. The topological polar surface area (TPSA) is 75.4 Å². The number of hydrogen-bond donors (Lipinski definition) is 2. The quantitative estimate of drug-likeness (QED) is 0.668. The van der Waals surface area contributed by atoms with Crippen LogP contribution in [0.1, 0.15) is 32.6 Å². The Bertz CT molecular complexity index is 302. The Hall–Kier alpha value is -1.10. The lowest BCUT2D eigenvalue weighted by molar-refractivity contribution is -0.131. The van der Waals surface area contributed by atoms with Gasteiger partial charge in [0.1, 0.15) is 0 Å². The Labute approximate surface area is 95.3 Å². The highest BCUT2D eigenvalue weighted by Crippen LogP contribution is 2.23. The summed E-state index contributed by atoms with van der Waals surface area (Å²) in [5, 5.41) is 3.33. The van der Waals surface area contributed by atoms with Crippen molar-refractivity contribution in [2.24, 2.45) is 5.73 Å². The van der Waals surface area contributed by atoms with E-state index in [9.17, 15) is 9.59 Å². The molecule has 2 atom stereocenters. The standard InChI is InChI=1S/C11H19N3O2/c1-7(6-10(12)15)14-5-4-9(11(14)16)13-8-2-3-8/h7-9,13H,2-6H2,1H3,(H2,12,15). The van der Waals surface area contributed by atoms with Crippen LogP contribution in [0.25, 0.3) is 0 Å². The molecule has 0 aromatic carbocycles. The minimum Gasteiger partial charge on any atom is -0.370 e. The van der Waals surface area contributed by atoms with Crippen molar-refractivity contribution in [3.8, 4) is 0 Å². The molecule has 2 amide bonds. The molecule has 1 heterocycles. The molecular formula is C11H19N3O2. The maximum Gasteiger partial charge on any atom is 0.240 e. The number of likely N-dealkylation sites (tertiary alicyclic amines) is 1. The van der Waals surface area contributed by atoms with Crippen LogP contribution in [0, 0.1) is 0 Å². The molecule has 2 fully saturated rings. The van der Waals surface area contributed by atoms with Gasteiger partial charge in [-0.1, -0.05) is 0 Å². The Balaban J connectivity index is 1.87. The van der Waals surface area contributed by atoms with Gasteiger partial charge in [-0.15, -0.1) is 0 Å². The van der Waals surface area contributed by atoms with Crippen LogP contribution in [0.2, 0.25) is 0 Å². The molecule has 2 aliphatic rings. The van der Waals surface area contributed by atoms with Crippen molar-refractivity contribution in [3.63, 3.8) is 0 Å². The first-order valence-corrected chi connectivity index (χ1v) is 5.92. The van der Waals surface area contributed by atoms with E-state index < -0.39 is 0 Å². The Kier molecular flexibility index (Phi) is 3.14. The molecule has 0 spiro atoms. The van der Waals surface area contributed by atoms with E-state index in [1.807, 2.05) is 6.92 Å². The molecule has 2 rings (SSSR count). The van der Waals surface area contributed by atoms with Crippen LogP contribution in [0.15, 0.2) is 0 Å². The zero-order chi connectivity index (χ0) is 11.7. The summed E-state index contributed by atoms with van der Waals surface area (Å²) >= 11 is 0. The first-order valence-electron chi connectivity index (χ1n) is 5.92. The summed E-state index contributed by atoms with van der Waals surface area (Å²) in [5.74, 6) is -0.223. The molecule has 1 aliphatic heterocycles. The molecule has 0 radical (unpaired) electrons. The van der Waals surface area contributed by atoms with E-state index >= 15 is 0 Å². The molecule has 3 N–H and O–H groups in total. The van der Waals surface area contributed by atoms with Crippen molar-refractivity contribution in [2.75, 3.05) is 6.54 Å². The number of rotatable bonds is 5. The molecule has 90 valence electrons. The van der Waals surface area contributed by atoms with Gasteiger partial charge in [-0.25, -0.2) is 0 Å². The average molecular weight is 225 g/mol. The second-order valence-corrected chi connectivity index (χ2v) is 4.83. The van der Waals surface area contributed by atoms with Gasteiger partial charge in [0.15, 0.2) is 0 Å². The molecule has 2 unspecified atom stereocenters. The Morgan fingerprint density at radius 2 is 2.25 bits per heavy atom. The summed E-state index contributed by atoms with van der Waals surface area (Å²) in [5.41, 5.74) is 5.14. The number of nitrogens with zero attached hydrogens (tertiary/aromatic N) is 1. The predicted molar refractivity (Wildman–Crippen MR) is 59.5 cm³/mol. The van der Waals surface area contributed by atoms with Crippen LogP contribution < -0.4 is 11.1 Å². The normalized spacial score (nSPS) is 27.2. The van der Waals surface area contributed by atoms with Crippen molar-refractivity contribution in [1.82, 2.24) is 10.2 Å². The van der Waals surface area contributed by atoms with Gasteiger partial charge in [0.25, 0.3) is 0 Å². The van der Waals surface area contributed by atoms with E-state index in [0.29, 0.717) is 6.04 Å². The zero-order valence-corrected chi connectivity index (χ0v) is 9.61. The number of nitrogens with two attached hydrogens (primary N) is 1. The average Bonchev–Trinajstić information content (AvgIpc) is 2.91. The van der Waals surface area contributed by atoms with Crippen molar-refractivity contribution in [2.45, 2.75) is 50.7 Å². The molecule has 1 aliphatic carbocycles. The fourth-order valence-electron chi connectivity index (χ4n) is 2.23. The van der Waals surface area contributed by atoms with Gasteiger partial charge in [-0.2, -0.15) is 0 Å². The van der Waals surface area contributed by atoms with Gasteiger partial charge in [0.2, 0.25) is 11.8 Å². The lowest BCUT2D eigenvalue weighted by Gasteiger charge is -2.23. The number of hydrogen-bond acceptors (Lipinski definition) is 3. The van der Waals surface area contributed by atoms with Gasteiger partial charge in [0.05, 0.1) is 6.04 Å². The summed E-state index contributed by atoms with van der Waals surface area (Å²) in [6, 6.07) is 0.430.